The molecular weight excluding hydrogens is 337 g/mol. The minimum Gasteiger partial charge on any atom is -0.464 e. The highest BCUT2D eigenvalue weighted by molar-refractivity contribution is 6.40. The molecule has 0 aliphatic heterocycles. The number of benzene rings is 1. The van der Waals surface area contributed by atoms with Crippen molar-refractivity contribution < 1.29 is 9.53 Å². The summed E-state index contributed by atoms with van der Waals surface area (Å²) in [5.41, 5.74) is 6.47. The average molecular weight is 349 g/mol. The topological polar surface area (TPSA) is 70.1 Å². The molecule has 5 nitrogen and oxygen atoms in total. The maximum absolute atomic E-state index is 11.7. The third-order valence-corrected chi connectivity index (χ3v) is 3.68. The molecule has 0 bridgehead atoms. The molecule has 2 aromatic rings. The number of halogens is 3. The molecule has 0 saturated carbocycles. The Hall–Kier alpha value is -1.43. The van der Waals surface area contributed by atoms with Gasteiger partial charge in [0.15, 0.2) is 5.69 Å². The molecule has 0 unspecified atom stereocenters. The van der Waals surface area contributed by atoms with E-state index in [1.807, 2.05) is 6.92 Å². The molecule has 0 saturated heterocycles. The van der Waals surface area contributed by atoms with Gasteiger partial charge in [0.25, 0.3) is 0 Å². The summed E-state index contributed by atoms with van der Waals surface area (Å²) in [5, 5.41) is 1.02. The first-order valence-corrected chi connectivity index (χ1v) is 7.14. The molecule has 2 N–H and O–H groups in total. The zero-order valence-electron chi connectivity index (χ0n) is 11.3. The molecule has 0 fully saturated rings. The minimum atomic E-state index is -0.623. The second kappa shape index (κ2) is 6.13. The number of aromatic nitrogens is 2. The van der Waals surface area contributed by atoms with Crippen LogP contribution in [0.1, 0.15) is 23.2 Å². The van der Waals surface area contributed by atoms with Gasteiger partial charge in [-0.25, -0.2) is 9.78 Å². The van der Waals surface area contributed by atoms with Gasteiger partial charge in [-0.3, -0.25) is 4.57 Å². The van der Waals surface area contributed by atoms with E-state index in [0.29, 0.717) is 33.0 Å². The predicted molar refractivity (Wildman–Crippen MR) is 83.7 cm³/mol. The van der Waals surface area contributed by atoms with Gasteiger partial charge in [-0.1, -0.05) is 41.7 Å². The minimum absolute atomic E-state index is 0.0245. The largest absolute Gasteiger partial charge is 0.464 e. The molecule has 1 aromatic heterocycles. The standard InChI is InChI=1S/C13H12Cl3N3O2/c1-3-9-18-10(13(20)21-2)12(17)19(9)11-7(15)4-6(14)5-8(11)16/h4-5H,3,17H2,1-2H3. The van der Waals surface area contributed by atoms with E-state index in [2.05, 4.69) is 9.72 Å². The predicted octanol–water partition coefficient (Wildman–Crippen LogP) is 3.76. The number of hydrogen-bond donors (Lipinski definition) is 1. The monoisotopic (exact) mass is 347 g/mol. The van der Waals surface area contributed by atoms with Crippen LogP contribution in [0.4, 0.5) is 5.82 Å². The van der Waals surface area contributed by atoms with Crippen LogP contribution < -0.4 is 5.73 Å². The van der Waals surface area contributed by atoms with Crippen molar-refractivity contribution in [2.24, 2.45) is 0 Å². The number of nitrogens with two attached hydrogens (primary N) is 1. The molecule has 2 rings (SSSR count). The SMILES string of the molecule is CCc1nc(C(=O)OC)c(N)n1-c1c(Cl)cc(Cl)cc1Cl. The molecule has 21 heavy (non-hydrogen) atoms. The molecule has 0 atom stereocenters. The Kier molecular flexibility index (Phi) is 4.66. The Bertz CT molecular complexity index is 690. The van der Waals surface area contributed by atoms with Crippen molar-refractivity contribution in [2.75, 3.05) is 12.8 Å². The summed E-state index contributed by atoms with van der Waals surface area (Å²) in [6, 6.07) is 3.09. The first kappa shape index (κ1) is 15.9. The highest BCUT2D eigenvalue weighted by Crippen LogP contribution is 2.35. The number of anilines is 1. The van der Waals surface area contributed by atoms with Crippen molar-refractivity contribution in [2.45, 2.75) is 13.3 Å². The molecule has 0 radical (unpaired) electrons. The molecular formula is C13H12Cl3N3O2. The van der Waals surface area contributed by atoms with Crippen LogP contribution in [-0.4, -0.2) is 22.6 Å². The number of aryl methyl sites for hydroxylation is 1. The van der Waals surface area contributed by atoms with Gasteiger partial charge in [0.05, 0.1) is 22.8 Å². The van der Waals surface area contributed by atoms with Gasteiger partial charge >= 0.3 is 5.97 Å². The van der Waals surface area contributed by atoms with E-state index in [9.17, 15) is 4.79 Å². The Morgan fingerprint density at radius 2 is 1.90 bits per heavy atom. The fraction of sp³-hybridized carbons (Fsp3) is 0.231. The zero-order valence-corrected chi connectivity index (χ0v) is 13.6. The van der Waals surface area contributed by atoms with E-state index in [0.717, 1.165) is 0 Å². The van der Waals surface area contributed by atoms with E-state index in [1.54, 1.807) is 12.1 Å². The average Bonchev–Trinajstić information content (AvgIpc) is 2.74. The maximum Gasteiger partial charge on any atom is 0.360 e. The third-order valence-electron chi connectivity index (χ3n) is 2.88. The van der Waals surface area contributed by atoms with Crippen LogP contribution in [0.15, 0.2) is 12.1 Å². The molecule has 1 aromatic carbocycles. The lowest BCUT2D eigenvalue weighted by Crippen LogP contribution is -2.08. The lowest BCUT2D eigenvalue weighted by atomic mass is 10.3. The van der Waals surface area contributed by atoms with Crippen molar-refractivity contribution in [3.8, 4) is 5.69 Å². The molecule has 1 heterocycles. The number of nitrogen functional groups attached to an aromatic ring is 1. The second-order valence-electron chi connectivity index (χ2n) is 4.16. The summed E-state index contributed by atoms with van der Waals surface area (Å²) in [4.78, 5) is 15.9. The van der Waals surface area contributed by atoms with Crippen LogP contribution in [-0.2, 0) is 11.2 Å². The molecule has 0 aliphatic rings. The zero-order chi connectivity index (χ0) is 15.7. The van der Waals surface area contributed by atoms with Crippen molar-refractivity contribution in [1.29, 1.82) is 0 Å². The Morgan fingerprint density at radius 3 is 2.38 bits per heavy atom. The van der Waals surface area contributed by atoms with E-state index < -0.39 is 5.97 Å². The fourth-order valence-electron chi connectivity index (χ4n) is 1.96. The number of hydrogen-bond acceptors (Lipinski definition) is 4. The molecule has 0 spiro atoms. The number of carbonyl (C=O) groups excluding carboxylic acids is 1. The van der Waals surface area contributed by atoms with Gasteiger partial charge in [-0.05, 0) is 12.1 Å². The van der Waals surface area contributed by atoms with E-state index in [-0.39, 0.29) is 11.5 Å². The van der Waals surface area contributed by atoms with Crippen molar-refractivity contribution >= 4 is 46.6 Å². The summed E-state index contributed by atoms with van der Waals surface area (Å²) < 4.78 is 6.20. The van der Waals surface area contributed by atoms with Crippen LogP contribution >= 0.6 is 34.8 Å². The smallest absolute Gasteiger partial charge is 0.360 e. The van der Waals surface area contributed by atoms with Gasteiger partial charge in [0.2, 0.25) is 0 Å². The first-order chi connectivity index (χ1) is 9.90. The number of rotatable bonds is 3. The highest BCUT2D eigenvalue weighted by atomic mass is 35.5. The van der Waals surface area contributed by atoms with Gasteiger partial charge in [0, 0.05) is 11.4 Å². The number of imidazole rings is 1. The van der Waals surface area contributed by atoms with Gasteiger partial charge in [-0.2, -0.15) is 0 Å². The Balaban J connectivity index is 2.75. The first-order valence-electron chi connectivity index (χ1n) is 6.01. The molecule has 0 amide bonds. The van der Waals surface area contributed by atoms with Gasteiger partial charge in [-0.15, -0.1) is 0 Å². The highest BCUT2D eigenvalue weighted by Gasteiger charge is 2.24. The Morgan fingerprint density at radius 1 is 1.33 bits per heavy atom. The number of carbonyl (C=O) groups is 1. The lowest BCUT2D eigenvalue weighted by molar-refractivity contribution is 0.0596. The summed E-state index contributed by atoms with van der Waals surface area (Å²) in [6.45, 7) is 1.87. The summed E-state index contributed by atoms with van der Waals surface area (Å²) in [6.07, 6.45) is 0.524. The van der Waals surface area contributed by atoms with Gasteiger partial charge in [0.1, 0.15) is 11.6 Å². The van der Waals surface area contributed by atoms with Crippen molar-refractivity contribution in [3.05, 3.63) is 38.7 Å². The number of nitrogens with zero attached hydrogens (tertiary/aromatic N) is 2. The van der Waals surface area contributed by atoms with E-state index in [4.69, 9.17) is 40.5 Å². The normalized spacial score (nSPS) is 10.7. The van der Waals surface area contributed by atoms with E-state index >= 15 is 0 Å². The number of ether oxygens (including phenoxy) is 1. The Labute approximate surface area is 136 Å². The van der Waals surface area contributed by atoms with Crippen molar-refractivity contribution in [1.82, 2.24) is 9.55 Å². The summed E-state index contributed by atoms with van der Waals surface area (Å²) >= 11 is 18.3. The molecule has 112 valence electrons. The number of methoxy groups -OCH3 is 1. The van der Waals surface area contributed by atoms with Gasteiger partial charge < -0.3 is 10.5 Å². The van der Waals surface area contributed by atoms with E-state index in [1.165, 1.54) is 11.7 Å². The maximum atomic E-state index is 11.7. The second-order valence-corrected chi connectivity index (χ2v) is 5.41. The van der Waals surface area contributed by atoms with Crippen LogP contribution in [0.25, 0.3) is 5.69 Å². The third kappa shape index (κ3) is 2.81. The number of esters is 1. The van der Waals surface area contributed by atoms with Crippen LogP contribution in [0.3, 0.4) is 0 Å². The quantitative estimate of drug-likeness (QED) is 0.857. The fourth-order valence-corrected chi connectivity index (χ4v) is 2.95. The summed E-state index contributed by atoms with van der Waals surface area (Å²) in [5.74, 6) is 0.0333. The van der Waals surface area contributed by atoms with Crippen molar-refractivity contribution in [3.63, 3.8) is 0 Å². The molecule has 0 aliphatic carbocycles. The van der Waals surface area contributed by atoms with Crippen LogP contribution in [0, 0.1) is 0 Å². The molecule has 8 heteroatoms. The summed E-state index contributed by atoms with van der Waals surface area (Å²) in [7, 11) is 1.26. The van der Waals surface area contributed by atoms with Crippen LogP contribution in [0.5, 0.6) is 0 Å². The van der Waals surface area contributed by atoms with Crippen LogP contribution in [0.2, 0.25) is 15.1 Å². The lowest BCUT2D eigenvalue weighted by Gasteiger charge is -2.13.